The maximum absolute atomic E-state index is 12.8. The highest BCUT2D eigenvalue weighted by Gasteiger charge is 2.50. The van der Waals surface area contributed by atoms with Crippen LogP contribution in [0.1, 0.15) is 50.9 Å². The number of ether oxygens (including phenoxy) is 1. The molecule has 2 aromatic carbocycles. The molecule has 178 valence electrons. The van der Waals surface area contributed by atoms with Crippen LogP contribution in [0.15, 0.2) is 60.7 Å². The number of H-pyrrole nitrogens is 1. The van der Waals surface area contributed by atoms with Crippen molar-refractivity contribution in [3.63, 3.8) is 0 Å². The second-order valence-corrected chi connectivity index (χ2v) is 10.4. The fraction of sp³-hybridized carbons (Fsp3) is 0.448. The molecule has 1 N–H and O–H groups in total. The van der Waals surface area contributed by atoms with Crippen molar-refractivity contribution in [3.8, 4) is 0 Å². The fourth-order valence-corrected chi connectivity index (χ4v) is 5.70. The van der Waals surface area contributed by atoms with E-state index in [2.05, 4.69) is 59.4 Å². The van der Waals surface area contributed by atoms with Crippen LogP contribution >= 0.6 is 0 Å². The number of allylic oxidation sites excluding steroid dienone is 1. The molecule has 5 heteroatoms. The van der Waals surface area contributed by atoms with Gasteiger partial charge in [0.05, 0.1) is 23.5 Å². The van der Waals surface area contributed by atoms with Crippen LogP contribution in [-0.2, 0) is 16.1 Å². The molecule has 3 aromatic rings. The normalized spacial score (nSPS) is 24.1. The first-order valence-corrected chi connectivity index (χ1v) is 12.6. The van der Waals surface area contributed by atoms with Gasteiger partial charge in [-0.15, -0.1) is 0 Å². The summed E-state index contributed by atoms with van der Waals surface area (Å²) >= 11 is 0. The van der Waals surface area contributed by atoms with Crippen LogP contribution in [-0.4, -0.2) is 40.0 Å². The van der Waals surface area contributed by atoms with Gasteiger partial charge in [0.2, 0.25) is 0 Å². The Kier molecular flexibility index (Phi) is 6.30. The quantitative estimate of drug-likeness (QED) is 0.432. The van der Waals surface area contributed by atoms with Crippen molar-refractivity contribution in [3.05, 3.63) is 72.1 Å². The van der Waals surface area contributed by atoms with Crippen molar-refractivity contribution in [2.75, 3.05) is 13.6 Å². The minimum Gasteiger partial charge on any atom is -0.458 e. The maximum atomic E-state index is 12.8. The number of imidazole rings is 1. The van der Waals surface area contributed by atoms with Crippen LogP contribution in [0.25, 0.3) is 16.6 Å². The Labute approximate surface area is 202 Å². The van der Waals surface area contributed by atoms with Crippen LogP contribution < -0.4 is 0 Å². The standard InChI is InChI=1S/C29H35N3O2/c1-20(2)28(33)34-29(15-16-32(3)19-27-30-25-11-7-8-12-26(25)31-27)18-22-13-14-23(29)17-24(22)21-9-5-4-6-10-21/h4-12,17,20,22-23H,13-16,18-19H2,1-3H3,(H,30,31)/t22-,23-,29+/m0/s1. The smallest absolute Gasteiger partial charge is 0.308 e. The van der Waals surface area contributed by atoms with Gasteiger partial charge in [-0.3, -0.25) is 9.69 Å². The number of hydrogen-bond donors (Lipinski definition) is 1. The topological polar surface area (TPSA) is 58.2 Å². The van der Waals surface area contributed by atoms with E-state index in [1.807, 2.05) is 32.0 Å². The van der Waals surface area contributed by atoms with Crippen LogP contribution in [0.5, 0.6) is 0 Å². The van der Waals surface area contributed by atoms with E-state index >= 15 is 0 Å². The van der Waals surface area contributed by atoms with Crippen LogP contribution in [0.4, 0.5) is 0 Å². The van der Waals surface area contributed by atoms with Crippen molar-refractivity contribution in [2.45, 2.75) is 51.7 Å². The number of carbonyl (C=O) groups excluding carboxylic acids is 1. The highest BCUT2D eigenvalue weighted by atomic mass is 16.6. The van der Waals surface area contributed by atoms with Gasteiger partial charge in [0.15, 0.2) is 0 Å². The van der Waals surface area contributed by atoms with E-state index in [9.17, 15) is 4.79 Å². The van der Waals surface area contributed by atoms with E-state index in [1.54, 1.807) is 0 Å². The number of fused-ring (bicyclic) bond motifs is 3. The Hall–Kier alpha value is -2.92. The van der Waals surface area contributed by atoms with E-state index in [-0.39, 0.29) is 17.8 Å². The molecule has 34 heavy (non-hydrogen) atoms. The molecular formula is C29H35N3O2. The molecule has 0 spiro atoms. The van der Waals surface area contributed by atoms with E-state index in [0.717, 1.165) is 49.2 Å². The van der Waals surface area contributed by atoms with Crippen LogP contribution in [0, 0.1) is 17.8 Å². The minimum atomic E-state index is -0.426. The SMILES string of the molecule is CC(C)C(=O)O[C@]1(CCN(C)Cc2nc3ccccc3[nH]2)C[C@@H]2CC[C@H]1C=C2c1ccccc1. The number of carbonyl (C=O) groups is 1. The Bertz CT molecular complexity index is 1150. The number of hydrogen-bond acceptors (Lipinski definition) is 4. The van der Waals surface area contributed by atoms with Crippen molar-refractivity contribution >= 4 is 22.6 Å². The third-order valence-corrected chi connectivity index (χ3v) is 7.57. The highest BCUT2D eigenvalue weighted by Crippen LogP contribution is 2.53. The van der Waals surface area contributed by atoms with E-state index in [1.165, 1.54) is 17.6 Å². The monoisotopic (exact) mass is 457 g/mol. The predicted molar refractivity (Wildman–Crippen MR) is 136 cm³/mol. The molecule has 1 heterocycles. The zero-order valence-corrected chi connectivity index (χ0v) is 20.5. The first-order valence-electron chi connectivity index (χ1n) is 12.6. The molecule has 0 unspecified atom stereocenters. The van der Waals surface area contributed by atoms with Gasteiger partial charge in [0, 0.05) is 18.9 Å². The summed E-state index contributed by atoms with van der Waals surface area (Å²) in [4.78, 5) is 23.2. The molecule has 3 atom stereocenters. The molecule has 0 aliphatic heterocycles. The summed E-state index contributed by atoms with van der Waals surface area (Å²) in [5, 5.41) is 0. The Balaban J connectivity index is 1.34. The summed E-state index contributed by atoms with van der Waals surface area (Å²) in [7, 11) is 2.12. The second-order valence-electron chi connectivity index (χ2n) is 10.4. The number of esters is 1. The van der Waals surface area contributed by atoms with Crippen LogP contribution in [0.2, 0.25) is 0 Å². The molecule has 1 fully saturated rings. The highest BCUT2D eigenvalue weighted by molar-refractivity contribution is 5.75. The van der Waals surface area contributed by atoms with E-state index in [4.69, 9.17) is 9.72 Å². The number of aromatic amines is 1. The lowest BCUT2D eigenvalue weighted by molar-refractivity contribution is -0.176. The lowest BCUT2D eigenvalue weighted by Gasteiger charge is -2.50. The Morgan fingerprint density at radius 2 is 1.91 bits per heavy atom. The molecule has 0 radical (unpaired) electrons. The van der Waals surface area contributed by atoms with Gasteiger partial charge < -0.3 is 9.72 Å². The first-order chi connectivity index (χ1) is 16.4. The molecular weight excluding hydrogens is 422 g/mol. The summed E-state index contributed by atoms with van der Waals surface area (Å²) in [6, 6.07) is 18.8. The van der Waals surface area contributed by atoms with Crippen molar-refractivity contribution in [2.24, 2.45) is 17.8 Å². The largest absolute Gasteiger partial charge is 0.458 e. The van der Waals surface area contributed by atoms with E-state index < -0.39 is 5.60 Å². The number of rotatable bonds is 8. The zero-order valence-electron chi connectivity index (χ0n) is 20.5. The number of nitrogens with one attached hydrogen (secondary N) is 1. The maximum Gasteiger partial charge on any atom is 0.308 e. The second kappa shape index (κ2) is 9.38. The molecule has 1 aromatic heterocycles. The average Bonchev–Trinajstić information content (AvgIpc) is 3.26. The van der Waals surface area contributed by atoms with Crippen LogP contribution in [0.3, 0.4) is 0 Å². The zero-order chi connectivity index (χ0) is 23.7. The number of para-hydroxylation sites is 2. The fourth-order valence-electron chi connectivity index (χ4n) is 5.70. The van der Waals surface area contributed by atoms with Gasteiger partial charge in [-0.25, -0.2) is 4.98 Å². The van der Waals surface area contributed by atoms with Crippen molar-refractivity contribution in [1.29, 1.82) is 0 Å². The van der Waals surface area contributed by atoms with Gasteiger partial charge in [-0.1, -0.05) is 62.4 Å². The molecule has 3 aliphatic rings. The lowest BCUT2D eigenvalue weighted by Crippen LogP contribution is -2.51. The molecule has 0 saturated heterocycles. The molecule has 1 saturated carbocycles. The van der Waals surface area contributed by atoms with Crippen molar-refractivity contribution in [1.82, 2.24) is 14.9 Å². The number of nitrogens with zero attached hydrogens (tertiary/aromatic N) is 2. The molecule has 5 nitrogen and oxygen atoms in total. The third kappa shape index (κ3) is 4.54. The summed E-state index contributed by atoms with van der Waals surface area (Å²) in [5.41, 5.74) is 4.38. The van der Waals surface area contributed by atoms with Gasteiger partial charge in [0.25, 0.3) is 0 Å². The summed E-state index contributed by atoms with van der Waals surface area (Å²) in [5.74, 6) is 1.46. The first kappa shape index (κ1) is 22.9. The van der Waals surface area contributed by atoms with Gasteiger partial charge in [-0.2, -0.15) is 0 Å². The number of benzene rings is 2. The summed E-state index contributed by atoms with van der Waals surface area (Å²) in [6.07, 6.45) is 6.41. The molecule has 6 rings (SSSR count). The van der Waals surface area contributed by atoms with Gasteiger partial charge in [0.1, 0.15) is 11.4 Å². The number of aromatic nitrogens is 2. The van der Waals surface area contributed by atoms with Gasteiger partial charge in [-0.05, 0) is 55.5 Å². The Morgan fingerprint density at radius 3 is 2.62 bits per heavy atom. The van der Waals surface area contributed by atoms with Gasteiger partial charge >= 0.3 is 5.97 Å². The van der Waals surface area contributed by atoms with Crippen molar-refractivity contribution < 1.29 is 9.53 Å². The third-order valence-electron chi connectivity index (χ3n) is 7.57. The van der Waals surface area contributed by atoms with E-state index in [0.29, 0.717) is 5.92 Å². The average molecular weight is 458 g/mol. The molecule has 2 bridgehead atoms. The molecule has 0 amide bonds. The lowest BCUT2D eigenvalue weighted by atomic mass is 9.60. The molecule has 3 aliphatic carbocycles. The summed E-state index contributed by atoms with van der Waals surface area (Å²) < 4.78 is 6.37. The predicted octanol–water partition coefficient (Wildman–Crippen LogP) is 5.84. The minimum absolute atomic E-state index is 0.0813. The summed E-state index contributed by atoms with van der Waals surface area (Å²) in [6.45, 7) is 5.44. The Morgan fingerprint density at radius 1 is 1.15 bits per heavy atom.